The van der Waals surface area contributed by atoms with Crippen LogP contribution in [0.4, 0.5) is 10.1 Å². The fourth-order valence-corrected chi connectivity index (χ4v) is 1.27. The van der Waals surface area contributed by atoms with Crippen LogP contribution in [0.25, 0.3) is 0 Å². The van der Waals surface area contributed by atoms with Gasteiger partial charge in [-0.3, -0.25) is 0 Å². The first-order chi connectivity index (χ1) is 8.20. The van der Waals surface area contributed by atoms with Gasteiger partial charge in [-0.1, -0.05) is 0 Å². The number of nitrogens with zero attached hydrogens (tertiary/aromatic N) is 2. The van der Waals surface area contributed by atoms with Crippen molar-refractivity contribution in [3.8, 4) is 17.7 Å². The zero-order valence-electron chi connectivity index (χ0n) is 8.72. The molecule has 5 heteroatoms. The summed E-state index contributed by atoms with van der Waals surface area (Å²) in [7, 11) is 0. The summed E-state index contributed by atoms with van der Waals surface area (Å²) in [5.41, 5.74) is 6.20. The van der Waals surface area contributed by atoms with Crippen LogP contribution in [0.15, 0.2) is 36.5 Å². The van der Waals surface area contributed by atoms with E-state index in [9.17, 15) is 4.39 Å². The maximum absolute atomic E-state index is 13.3. The molecule has 2 N–H and O–H groups in total. The third-order valence-corrected chi connectivity index (χ3v) is 2.06. The topological polar surface area (TPSA) is 71.9 Å². The molecule has 0 aliphatic carbocycles. The first-order valence-electron chi connectivity index (χ1n) is 4.78. The second-order valence-electron chi connectivity index (χ2n) is 3.26. The number of hydrogen-bond acceptors (Lipinski definition) is 4. The Morgan fingerprint density at radius 3 is 2.88 bits per heavy atom. The molecule has 0 saturated heterocycles. The minimum atomic E-state index is -0.590. The summed E-state index contributed by atoms with van der Waals surface area (Å²) in [5, 5.41) is 8.89. The highest BCUT2D eigenvalue weighted by atomic mass is 19.1. The molecule has 1 heterocycles. The van der Waals surface area contributed by atoms with E-state index in [1.54, 1.807) is 6.07 Å². The van der Waals surface area contributed by atoms with Crippen molar-refractivity contribution in [2.75, 3.05) is 5.73 Å². The summed E-state index contributed by atoms with van der Waals surface area (Å²) >= 11 is 0. The van der Waals surface area contributed by atoms with E-state index in [1.165, 1.54) is 30.5 Å². The molecule has 0 aliphatic rings. The van der Waals surface area contributed by atoms with Crippen molar-refractivity contribution in [1.82, 2.24) is 4.98 Å². The van der Waals surface area contributed by atoms with Gasteiger partial charge in [-0.2, -0.15) is 5.26 Å². The standard InChI is InChI=1S/C12H8FN3O/c13-10-2-1-5-16-12(10)17-11-4-3-9(15)6-8(11)7-14/h1-6H,15H2. The molecule has 2 rings (SSSR count). The molecule has 4 nitrogen and oxygen atoms in total. The molecule has 0 aliphatic heterocycles. The summed E-state index contributed by atoms with van der Waals surface area (Å²) in [5.74, 6) is -0.540. The quantitative estimate of drug-likeness (QED) is 0.803. The van der Waals surface area contributed by atoms with Crippen molar-refractivity contribution >= 4 is 5.69 Å². The lowest BCUT2D eigenvalue weighted by molar-refractivity contribution is 0.422. The van der Waals surface area contributed by atoms with E-state index in [0.717, 1.165) is 0 Å². The number of nitrogens with two attached hydrogens (primary N) is 1. The highest BCUT2D eigenvalue weighted by molar-refractivity contribution is 5.53. The van der Waals surface area contributed by atoms with Crippen molar-refractivity contribution in [3.63, 3.8) is 0 Å². The third-order valence-electron chi connectivity index (χ3n) is 2.06. The Kier molecular flexibility index (Phi) is 2.88. The molecule has 84 valence electrons. The second-order valence-corrected chi connectivity index (χ2v) is 3.26. The van der Waals surface area contributed by atoms with Crippen LogP contribution in [0, 0.1) is 17.1 Å². The maximum Gasteiger partial charge on any atom is 0.255 e. The predicted molar refractivity (Wildman–Crippen MR) is 59.8 cm³/mol. The second kappa shape index (κ2) is 4.49. The van der Waals surface area contributed by atoms with E-state index in [2.05, 4.69) is 4.98 Å². The van der Waals surface area contributed by atoms with Gasteiger partial charge in [-0.15, -0.1) is 0 Å². The molecule has 2 aromatic rings. The molecule has 0 spiro atoms. The largest absolute Gasteiger partial charge is 0.435 e. The first-order valence-corrected chi connectivity index (χ1v) is 4.78. The lowest BCUT2D eigenvalue weighted by atomic mass is 10.2. The highest BCUT2D eigenvalue weighted by Gasteiger charge is 2.09. The van der Waals surface area contributed by atoms with Crippen LogP contribution in [0.3, 0.4) is 0 Å². The van der Waals surface area contributed by atoms with Crippen LogP contribution in [0.5, 0.6) is 11.6 Å². The van der Waals surface area contributed by atoms with Crippen molar-refractivity contribution in [2.24, 2.45) is 0 Å². The Bertz CT molecular complexity index is 593. The fourth-order valence-electron chi connectivity index (χ4n) is 1.27. The van der Waals surface area contributed by atoms with Crippen LogP contribution < -0.4 is 10.5 Å². The molecule has 1 aromatic heterocycles. The zero-order valence-corrected chi connectivity index (χ0v) is 8.72. The van der Waals surface area contributed by atoms with Crippen molar-refractivity contribution < 1.29 is 9.13 Å². The highest BCUT2D eigenvalue weighted by Crippen LogP contribution is 2.26. The predicted octanol–water partition coefficient (Wildman–Crippen LogP) is 2.47. The Morgan fingerprint density at radius 2 is 2.18 bits per heavy atom. The van der Waals surface area contributed by atoms with Crippen LogP contribution >= 0.6 is 0 Å². The third kappa shape index (κ3) is 2.32. The number of halogens is 1. The molecule has 0 bridgehead atoms. The molecular formula is C12H8FN3O. The molecule has 0 radical (unpaired) electrons. The van der Waals surface area contributed by atoms with Crippen molar-refractivity contribution in [3.05, 3.63) is 47.9 Å². The van der Waals surface area contributed by atoms with Gasteiger partial charge >= 0.3 is 0 Å². The molecular weight excluding hydrogens is 221 g/mol. The Labute approximate surface area is 97.1 Å². The smallest absolute Gasteiger partial charge is 0.255 e. The summed E-state index contributed by atoms with van der Waals surface area (Å²) in [6, 6.07) is 9.13. The van der Waals surface area contributed by atoms with Gasteiger partial charge in [0.15, 0.2) is 5.82 Å². The van der Waals surface area contributed by atoms with Gasteiger partial charge in [0.1, 0.15) is 11.8 Å². The maximum atomic E-state index is 13.3. The lowest BCUT2D eigenvalue weighted by Crippen LogP contribution is -1.94. The van der Waals surface area contributed by atoms with Gasteiger partial charge in [-0.25, -0.2) is 9.37 Å². The number of nitrogen functional groups attached to an aromatic ring is 1. The summed E-state index contributed by atoms with van der Waals surface area (Å²) in [4.78, 5) is 3.73. The molecule has 0 fully saturated rings. The SMILES string of the molecule is N#Cc1cc(N)ccc1Oc1ncccc1F. The number of benzene rings is 1. The number of aromatic nitrogens is 1. The average Bonchev–Trinajstić information content (AvgIpc) is 2.34. The molecule has 0 saturated carbocycles. The number of anilines is 1. The number of ether oxygens (including phenoxy) is 1. The minimum absolute atomic E-state index is 0.172. The molecule has 17 heavy (non-hydrogen) atoms. The van der Waals surface area contributed by atoms with Crippen LogP contribution in [-0.2, 0) is 0 Å². The van der Waals surface area contributed by atoms with Gasteiger partial charge in [0.25, 0.3) is 5.88 Å². The van der Waals surface area contributed by atoms with Gasteiger partial charge in [0.05, 0.1) is 5.56 Å². The summed E-state index contributed by atoms with van der Waals surface area (Å²) in [6.45, 7) is 0. The molecule has 0 unspecified atom stereocenters. The van der Waals surface area contributed by atoms with Gasteiger partial charge in [-0.05, 0) is 30.3 Å². The van der Waals surface area contributed by atoms with E-state index >= 15 is 0 Å². The normalized spacial score (nSPS) is 9.65. The lowest BCUT2D eigenvalue weighted by Gasteiger charge is -2.07. The zero-order chi connectivity index (χ0) is 12.3. The first kappa shape index (κ1) is 10.9. The monoisotopic (exact) mass is 229 g/mol. The number of hydrogen-bond donors (Lipinski definition) is 1. The fraction of sp³-hybridized carbons (Fsp3) is 0. The Balaban J connectivity index is 2.37. The Hall–Kier alpha value is -2.61. The van der Waals surface area contributed by atoms with Gasteiger partial charge in [0.2, 0.25) is 0 Å². The average molecular weight is 229 g/mol. The number of rotatable bonds is 2. The summed E-state index contributed by atoms with van der Waals surface area (Å²) in [6.07, 6.45) is 1.40. The van der Waals surface area contributed by atoms with E-state index < -0.39 is 5.82 Å². The number of nitriles is 1. The van der Waals surface area contributed by atoms with Gasteiger partial charge in [0, 0.05) is 11.9 Å². The van der Waals surface area contributed by atoms with Gasteiger partial charge < -0.3 is 10.5 Å². The molecule has 0 amide bonds. The van der Waals surface area contributed by atoms with Crippen molar-refractivity contribution in [1.29, 1.82) is 5.26 Å². The van der Waals surface area contributed by atoms with E-state index in [-0.39, 0.29) is 17.2 Å². The van der Waals surface area contributed by atoms with E-state index in [1.807, 2.05) is 6.07 Å². The van der Waals surface area contributed by atoms with E-state index in [4.69, 9.17) is 15.7 Å². The Morgan fingerprint density at radius 1 is 1.35 bits per heavy atom. The van der Waals surface area contributed by atoms with Crippen molar-refractivity contribution in [2.45, 2.75) is 0 Å². The molecule has 1 aromatic carbocycles. The number of pyridine rings is 1. The van der Waals surface area contributed by atoms with Crippen LogP contribution in [0.2, 0.25) is 0 Å². The van der Waals surface area contributed by atoms with Crippen LogP contribution in [-0.4, -0.2) is 4.98 Å². The van der Waals surface area contributed by atoms with E-state index in [0.29, 0.717) is 5.69 Å². The minimum Gasteiger partial charge on any atom is -0.435 e. The molecule has 0 atom stereocenters. The van der Waals surface area contributed by atoms with Crippen LogP contribution in [0.1, 0.15) is 5.56 Å². The summed E-state index contributed by atoms with van der Waals surface area (Å²) < 4.78 is 18.5.